The number of nitrogens with one attached hydrogen (secondary N) is 1. The molecule has 0 saturated heterocycles. The Labute approximate surface area is 152 Å². The van der Waals surface area contributed by atoms with Crippen molar-refractivity contribution < 1.29 is 4.79 Å². The van der Waals surface area contributed by atoms with E-state index in [-0.39, 0.29) is 5.91 Å². The van der Waals surface area contributed by atoms with Crippen molar-refractivity contribution in [3.05, 3.63) is 66.6 Å². The fourth-order valence-electron chi connectivity index (χ4n) is 2.56. The Morgan fingerprint density at radius 3 is 2.64 bits per heavy atom. The van der Waals surface area contributed by atoms with Gasteiger partial charge in [0, 0.05) is 30.3 Å². The number of aromatic nitrogens is 3. The van der Waals surface area contributed by atoms with E-state index in [1.165, 1.54) is 0 Å². The summed E-state index contributed by atoms with van der Waals surface area (Å²) in [7, 11) is 0. The first-order valence-electron chi connectivity index (χ1n) is 8.39. The van der Waals surface area contributed by atoms with E-state index in [0.717, 1.165) is 35.8 Å². The summed E-state index contributed by atoms with van der Waals surface area (Å²) in [5.74, 6) is 2.30. The average Bonchev–Trinajstić information content (AvgIpc) is 3.30. The van der Waals surface area contributed by atoms with Crippen LogP contribution in [0, 0.1) is 0 Å². The van der Waals surface area contributed by atoms with Gasteiger partial charge in [-0.1, -0.05) is 25.1 Å². The highest BCUT2D eigenvalue weighted by molar-refractivity contribution is 7.99. The molecule has 3 aromatic rings. The lowest BCUT2D eigenvalue weighted by Gasteiger charge is -2.11. The summed E-state index contributed by atoms with van der Waals surface area (Å²) in [5.41, 5.74) is 2.12. The number of benzene rings is 1. The van der Waals surface area contributed by atoms with Crippen LogP contribution in [-0.2, 0) is 10.5 Å². The number of carbonyl (C=O) groups excluding carboxylic acids is 1. The van der Waals surface area contributed by atoms with Crippen LogP contribution in [0.1, 0.15) is 18.9 Å². The molecule has 0 unspecified atom stereocenters. The van der Waals surface area contributed by atoms with Gasteiger partial charge in [0.1, 0.15) is 5.82 Å². The average molecular weight is 354 g/mol. The molecule has 0 fully saturated rings. The van der Waals surface area contributed by atoms with Gasteiger partial charge in [-0.25, -0.2) is 4.68 Å². The van der Waals surface area contributed by atoms with Crippen molar-refractivity contribution in [1.29, 1.82) is 0 Å². The Kier molecular flexibility index (Phi) is 5.95. The van der Waals surface area contributed by atoms with Crippen LogP contribution in [0.4, 0.5) is 0 Å². The van der Waals surface area contributed by atoms with Crippen LogP contribution in [0.5, 0.6) is 0 Å². The molecular formula is C19H22N4OS. The van der Waals surface area contributed by atoms with Crippen molar-refractivity contribution in [2.24, 2.45) is 0 Å². The van der Waals surface area contributed by atoms with E-state index in [0.29, 0.717) is 5.75 Å². The summed E-state index contributed by atoms with van der Waals surface area (Å²) in [6.07, 6.45) is 6.87. The van der Waals surface area contributed by atoms with Crippen LogP contribution >= 0.6 is 11.8 Å². The molecular weight excluding hydrogens is 332 g/mol. The summed E-state index contributed by atoms with van der Waals surface area (Å²) in [6.45, 7) is 2.79. The molecule has 0 aliphatic heterocycles. The lowest BCUT2D eigenvalue weighted by molar-refractivity contribution is -0.118. The molecule has 3 rings (SSSR count). The second-order valence-corrected chi connectivity index (χ2v) is 6.66. The molecule has 0 bridgehead atoms. The Morgan fingerprint density at radius 2 is 1.92 bits per heavy atom. The fourth-order valence-corrected chi connectivity index (χ4v) is 3.37. The van der Waals surface area contributed by atoms with E-state index in [1.54, 1.807) is 11.8 Å². The molecule has 2 aromatic heterocycles. The van der Waals surface area contributed by atoms with Gasteiger partial charge >= 0.3 is 0 Å². The number of nitrogens with zero attached hydrogens (tertiary/aromatic N) is 3. The first-order chi connectivity index (χ1) is 12.3. The lowest BCUT2D eigenvalue weighted by Crippen LogP contribution is -2.25. The van der Waals surface area contributed by atoms with Gasteiger partial charge in [0.05, 0.1) is 17.6 Å². The van der Waals surface area contributed by atoms with Gasteiger partial charge in [0.2, 0.25) is 5.91 Å². The minimum absolute atomic E-state index is 0.0878. The molecule has 1 N–H and O–H groups in total. The molecule has 25 heavy (non-hydrogen) atoms. The predicted molar refractivity (Wildman–Crippen MR) is 102 cm³/mol. The summed E-state index contributed by atoms with van der Waals surface area (Å²) >= 11 is 1.61. The molecule has 2 heterocycles. The van der Waals surface area contributed by atoms with Gasteiger partial charge in [-0.05, 0) is 30.7 Å². The van der Waals surface area contributed by atoms with Crippen molar-refractivity contribution in [3.8, 4) is 11.5 Å². The smallest absolute Gasteiger partial charge is 0.230 e. The highest BCUT2D eigenvalue weighted by Gasteiger charge is 2.14. The predicted octanol–water partition coefficient (Wildman–Crippen LogP) is 3.42. The van der Waals surface area contributed by atoms with Crippen molar-refractivity contribution in [2.75, 3.05) is 12.3 Å². The second kappa shape index (κ2) is 8.58. The Bertz CT molecular complexity index is 796. The number of amides is 1. The minimum atomic E-state index is 0.0878. The number of hydrogen-bond donors (Lipinski definition) is 1. The summed E-state index contributed by atoms with van der Waals surface area (Å²) in [4.78, 5) is 11.8. The first kappa shape index (κ1) is 17.4. The molecule has 0 atom stereocenters. The van der Waals surface area contributed by atoms with Crippen molar-refractivity contribution in [3.63, 3.8) is 0 Å². The number of carbonyl (C=O) groups is 1. The van der Waals surface area contributed by atoms with Gasteiger partial charge in [0.15, 0.2) is 0 Å². The number of rotatable bonds is 8. The molecule has 0 aliphatic rings. The van der Waals surface area contributed by atoms with E-state index in [9.17, 15) is 4.79 Å². The van der Waals surface area contributed by atoms with Crippen LogP contribution in [0.3, 0.4) is 0 Å². The van der Waals surface area contributed by atoms with Crippen molar-refractivity contribution in [1.82, 2.24) is 19.7 Å². The third-order valence-electron chi connectivity index (χ3n) is 3.73. The van der Waals surface area contributed by atoms with Gasteiger partial charge in [-0.3, -0.25) is 4.79 Å². The molecule has 6 heteroatoms. The molecule has 1 aromatic carbocycles. The zero-order valence-corrected chi connectivity index (χ0v) is 15.1. The Morgan fingerprint density at radius 1 is 1.16 bits per heavy atom. The van der Waals surface area contributed by atoms with E-state index < -0.39 is 0 Å². The summed E-state index contributed by atoms with van der Waals surface area (Å²) < 4.78 is 4.00. The summed E-state index contributed by atoms with van der Waals surface area (Å²) in [5, 5.41) is 7.48. The van der Waals surface area contributed by atoms with Crippen molar-refractivity contribution in [2.45, 2.75) is 19.1 Å². The van der Waals surface area contributed by atoms with E-state index in [2.05, 4.69) is 21.9 Å². The van der Waals surface area contributed by atoms with Crippen LogP contribution in [-0.4, -0.2) is 32.6 Å². The van der Waals surface area contributed by atoms with E-state index in [1.807, 2.05) is 65.7 Å². The molecule has 1 amide bonds. The number of hydrogen-bond acceptors (Lipinski definition) is 3. The van der Waals surface area contributed by atoms with Crippen LogP contribution in [0.15, 0.2) is 61.1 Å². The zero-order valence-electron chi connectivity index (χ0n) is 14.3. The topological polar surface area (TPSA) is 51.9 Å². The summed E-state index contributed by atoms with van der Waals surface area (Å²) in [6, 6.07) is 14.1. The van der Waals surface area contributed by atoms with E-state index in [4.69, 9.17) is 0 Å². The van der Waals surface area contributed by atoms with Gasteiger partial charge in [-0.2, -0.15) is 5.10 Å². The maximum atomic E-state index is 11.8. The fraction of sp³-hybridized carbons (Fsp3) is 0.263. The molecule has 0 aliphatic carbocycles. The normalized spacial score (nSPS) is 10.8. The van der Waals surface area contributed by atoms with Gasteiger partial charge in [-0.15, -0.1) is 11.8 Å². The molecule has 130 valence electrons. The highest BCUT2D eigenvalue weighted by Crippen LogP contribution is 2.23. The highest BCUT2D eigenvalue weighted by atomic mass is 32.2. The largest absolute Gasteiger partial charge is 0.355 e. The monoisotopic (exact) mass is 354 g/mol. The maximum absolute atomic E-state index is 11.8. The van der Waals surface area contributed by atoms with Crippen LogP contribution < -0.4 is 5.32 Å². The maximum Gasteiger partial charge on any atom is 0.230 e. The van der Waals surface area contributed by atoms with Crippen molar-refractivity contribution >= 4 is 17.7 Å². The minimum Gasteiger partial charge on any atom is -0.355 e. The second-order valence-electron chi connectivity index (χ2n) is 5.67. The van der Waals surface area contributed by atoms with Gasteiger partial charge < -0.3 is 9.88 Å². The third kappa shape index (κ3) is 4.33. The van der Waals surface area contributed by atoms with Crippen LogP contribution in [0.25, 0.3) is 11.5 Å². The number of thioether (sulfide) groups is 1. The molecule has 0 saturated carbocycles. The van der Waals surface area contributed by atoms with Gasteiger partial charge in [0.25, 0.3) is 0 Å². The van der Waals surface area contributed by atoms with E-state index >= 15 is 0 Å². The molecule has 5 nitrogen and oxygen atoms in total. The quantitative estimate of drug-likeness (QED) is 0.674. The Balaban J connectivity index is 1.78. The number of para-hydroxylation sites is 1. The standard InChI is InChI=1S/C19H22N4OS/c1-2-10-20-18(24)15-25-14-16-13-21-23(17-8-4-3-5-9-17)19(16)22-11-6-7-12-22/h3-9,11-13H,2,10,14-15H2,1H3,(H,20,24). The Hall–Kier alpha value is -2.47. The first-order valence-corrected chi connectivity index (χ1v) is 9.55. The third-order valence-corrected chi connectivity index (χ3v) is 4.71. The molecule has 0 spiro atoms. The lowest BCUT2D eigenvalue weighted by atomic mass is 10.3. The molecule has 0 radical (unpaired) electrons. The van der Waals surface area contributed by atoms with Crippen LogP contribution in [0.2, 0.25) is 0 Å². The zero-order chi connectivity index (χ0) is 17.5. The SMILES string of the molecule is CCCNC(=O)CSCc1cnn(-c2ccccc2)c1-n1cccc1.